The lowest BCUT2D eigenvalue weighted by atomic mass is 10.1. The Labute approximate surface area is 94.7 Å². The zero-order valence-electron chi connectivity index (χ0n) is 9.15. The van der Waals surface area contributed by atoms with E-state index in [0.29, 0.717) is 13.0 Å². The minimum Gasteiger partial charge on any atom is -0.396 e. The Kier molecular flexibility index (Phi) is 3.19. The molecule has 1 aromatic heterocycles. The number of rotatable bonds is 5. The summed E-state index contributed by atoms with van der Waals surface area (Å²) >= 11 is 0. The van der Waals surface area contributed by atoms with Crippen molar-refractivity contribution in [3.05, 3.63) is 30.1 Å². The van der Waals surface area contributed by atoms with Gasteiger partial charge in [0, 0.05) is 23.9 Å². The first-order valence-electron chi connectivity index (χ1n) is 5.52. The van der Waals surface area contributed by atoms with Gasteiger partial charge in [0.2, 0.25) is 5.91 Å². The van der Waals surface area contributed by atoms with Gasteiger partial charge in [-0.15, -0.1) is 0 Å². The van der Waals surface area contributed by atoms with Crippen LogP contribution in [-0.4, -0.2) is 29.1 Å². The summed E-state index contributed by atoms with van der Waals surface area (Å²) in [6.07, 6.45) is 4.00. The lowest BCUT2D eigenvalue weighted by molar-refractivity contribution is -0.120. The van der Waals surface area contributed by atoms with E-state index >= 15 is 0 Å². The molecule has 0 aliphatic heterocycles. The van der Waals surface area contributed by atoms with Crippen molar-refractivity contribution in [2.75, 3.05) is 13.2 Å². The van der Waals surface area contributed by atoms with Crippen LogP contribution < -0.4 is 5.32 Å². The van der Waals surface area contributed by atoms with Crippen LogP contribution in [0, 0.1) is 5.41 Å². The van der Waals surface area contributed by atoms with Crippen molar-refractivity contribution in [2.45, 2.75) is 19.3 Å². The molecular weight excluding hydrogens is 204 g/mol. The Balaban J connectivity index is 1.77. The van der Waals surface area contributed by atoms with Crippen molar-refractivity contribution in [2.24, 2.45) is 5.41 Å². The molecule has 2 N–H and O–H groups in total. The van der Waals surface area contributed by atoms with Gasteiger partial charge in [-0.25, -0.2) is 0 Å². The predicted molar refractivity (Wildman–Crippen MR) is 59.7 cm³/mol. The molecule has 1 amide bonds. The van der Waals surface area contributed by atoms with E-state index in [0.717, 1.165) is 18.5 Å². The van der Waals surface area contributed by atoms with Crippen molar-refractivity contribution >= 4 is 5.91 Å². The first-order valence-corrected chi connectivity index (χ1v) is 5.52. The number of amides is 1. The molecule has 0 radical (unpaired) electrons. The summed E-state index contributed by atoms with van der Waals surface area (Å²) in [5.41, 5.74) is 0.744. The highest BCUT2D eigenvalue weighted by atomic mass is 16.3. The van der Waals surface area contributed by atoms with E-state index in [9.17, 15) is 4.79 Å². The van der Waals surface area contributed by atoms with E-state index < -0.39 is 0 Å². The van der Waals surface area contributed by atoms with Gasteiger partial charge in [0.05, 0.1) is 13.0 Å². The molecule has 1 fully saturated rings. The Morgan fingerprint density at radius 1 is 1.50 bits per heavy atom. The average Bonchev–Trinajstić information content (AvgIpc) is 3.09. The van der Waals surface area contributed by atoms with E-state index in [4.69, 9.17) is 5.11 Å². The van der Waals surface area contributed by atoms with Crippen LogP contribution in [0.2, 0.25) is 0 Å². The SMILES string of the molecule is O=C(Cc1ccccn1)NCC1(CO)CC1. The first kappa shape index (κ1) is 11.1. The molecule has 1 aliphatic carbocycles. The predicted octanol–water partition coefficient (Wildman–Crippen LogP) is 0.513. The number of aliphatic hydroxyl groups is 1. The van der Waals surface area contributed by atoms with Gasteiger partial charge in [0.1, 0.15) is 0 Å². The minimum absolute atomic E-state index is 0.0280. The van der Waals surface area contributed by atoms with Crippen LogP contribution in [0.25, 0.3) is 0 Å². The van der Waals surface area contributed by atoms with Gasteiger partial charge >= 0.3 is 0 Å². The molecule has 4 heteroatoms. The van der Waals surface area contributed by atoms with Crippen LogP contribution in [0.15, 0.2) is 24.4 Å². The molecule has 2 rings (SSSR count). The smallest absolute Gasteiger partial charge is 0.226 e. The minimum atomic E-state index is -0.0292. The van der Waals surface area contributed by atoms with Crippen LogP contribution in [0.3, 0.4) is 0 Å². The number of aromatic nitrogens is 1. The monoisotopic (exact) mass is 220 g/mol. The highest BCUT2D eigenvalue weighted by Gasteiger charge is 2.41. The van der Waals surface area contributed by atoms with Gasteiger partial charge in [-0.2, -0.15) is 0 Å². The quantitative estimate of drug-likeness (QED) is 0.760. The molecule has 16 heavy (non-hydrogen) atoms. The summed E-state index contributed by atoms with van der Waals surface area (Å²) in [5.74, 6) is -0.0292. The number of pyridine rings is 1. The van der Waals surface area contributed by atoms with E-state index in [-0.39, 0.29) is 17.9 Å². The van der Waals surface area contributed by atoms with E-state index in [1.165, 1.54) is 0 Å². The maximum absolute atomic E-state index is 11.6. The highest BCUT2D eigenvalue weighted by molar-refractivity contribution is 5.78. The summed E-state index contributed by atoms with van der Waals surface area (Å²) < 4.78 is 0. The third-order valence-electron chi connectivity index (χ3n) is 3.02. The van der Waals surface area contributed by atoms with E-state index in [1.807, 2.05) is 18.2 Å². The third kappa shape index (κ3) is 2.79. The van der Waals surface area contributed by atoms with E-state index in [2.05, 4.69) is 10.3 Å². The Morgan fingerprint density at radius 2 is 2.31 bits per heavy atom. The maximum Gasteiger partial charge on any atom is 0.226 e. The number of hydrogen-bond acceptors (Lipinski definition) is 3. The summed E-state index contributed by atoms with van der Waals surface area (Å²) in [6, 6.07) is 5.52. The molecule has 1 heterocycles. The number of carbonyl (C=O) groups is 1. The van der Waals surface area contributed by atoms with Crippen molar-refractivity contribution in [1.29, 1.82) is 0 Å². The lowest BCUT2D eigenvalue weighted by Crippen LogP contribution is -2.33. The Hall–Kier alpha value is -1.42. The zero-order chi connectivity index (χ0) is 11.4. The van der Waals surface area contributed by atoms with Gasteiger partial charge in [0.25, 0.3) is 0 Å². The number of nitrogens with zero attached hydrogens (tertiary/aromatic N) is 1. The van der Waals surface area contributed by atoms with E-state index in [1.54, 1.807) is 6.20 Å². The van der Waals surface area contributed by atoms with Gasteiger partial charge in [0.15, 0.2) is 0 Å². The highest BCUT2D eigenvalue weighted by Crippen LogP contribution is 2.44. The van der Waals surface area contributed by atoms with Gasteiger partial charge in [-0.1, -0.05) is 6.07 Å². The van der Waals surface area contributed by atoms with Gasteiger partial charge in [-0.05, 0) is 25.0 Å². The Morgan fingerprint density at radius 3 is 2.88 bits per heavy atom. The molecule has 1 saturated carbocycles. The second-order valence-electron chi connectivity index (χ2n) is 4.43. The molecule has 4 nitrogen and oxygen atoms in total. The maximum atomic E-state index is 11.6. The number of nitrogens with one attached hydrogen (secondary N) is 1. The number of aliphatic hydroxyl groups excluding tert-OH is 1. The summed E-state index contributed by atoms with van der Waals surface area (Å²) in [5, 5.41) is 11.9. The number of carbonyl (C=O) groups excluding carboxylic acids is 1. The van der Waals surface area contributed by atoms with Crippen molar-refractivity contribution < 1.29 is 9.90 Å². The summed E-state index contributed by atoms with van der Waals surface area (Å²) in [7, 11) is 0. The molecule has 86 valence electrons. The second-order valence-corrected chi connectivity index (χ2v) is 4.43. The summed E-state index contributed by atoms with van der Waals surface area (Å²) in [6.45, 7) is 0.742. The van der Waals surface area contributed by atoms with Crippen LogP contribution in [-0.2, 0) is 11.2 Å². The fraction of sp³-hybridized carbons (Fsp3) is 0.500. The fourth-order valence-electron chi connectivity index (χ4n) is 1.58. The molecule has 1 aliphatic rings. The summed E-state index contributed by atoms with van der Waals surface area (Å²) in [4.78, 5) is 15.7. The number of hydrogen-bond donors (Lipinski definition) is 2. The molecule has 0 spiro atoms. The molecular formula is C12H16N2O2. The van der Waals surface area contributed by atoms with Crippen LogP contribution in [0.5, 0.6) is 0 Å². The molecule has 0 unspecified atom stereocenters. The van der Waals surface area contributed by atoms with Crippen LogP contribution in [0.1, 0.15) is 18.5 Å². The Bertz CT molecular complexity index is 361. The van der Waals surface area contributed by atoms with Gasteiger partial charge < -0.3 is 10.4 Å². The van der Waals surface area contributed by atoms with Crippen LogP contribution in [0.4, 0.5) is 0 Å². The molecule has 0 bridgehead atoms. The van der Waals surface area contributed by atoms with Crippen molar-refractivity contribution in [3.63, 3.8) is 0 Å². The fourth-order valence-corrected chi connectivity index (χ4v) is 1.58. The molecule has 0 atom stereocenters. The topological polar surface area (TPSA) is 62.2 Å². The lowest BCUT2D eigenvalue weighted by Gasteiger charge is -2.12. The first-order chi connectivity index (χ1) is 7.74. The molecule has 1 aromatic rings. The largest absolute Gasteiger partial charge is 0.396 e. The third-order valence-corrected chi connectivity index (χ3v) is 3.02. The molecule has 0 saturated heterocycles. The second kappa shape index (κ2) is 4.61. The van der Waals surface area contributed by atoms with Crippen molar-refractivity contribution in [3.8, 4) is 0 Å². The molecule has 0 aromatic carbocycles. The standard InChI is InChI=1S/C12H16N2O2/c15-9-12(4-5-12)8-14-11(16)7-10-3-1-2-6-13-10/h1-3,6,15H,4-5,7-9H2,(H,14,16). The van der Waals surface area contributed by atoms with Crippen LogP contribution >= 0.6 is 0 Å². The zero-order valence-corrected chi connectivity index (χ0v) is 9.15. The normalized spacial score (nSPS) is 16.8. The average molecular weight is 220 g/mol. The van der Waals surface area contributed by atoms with Gasteiger partial charge in [-0.3, -0.25) is 9.78 Å². The van der Waals surface area contributed by atoms with Crippen molar-refractivity contribution in [1.82, 2.24) is 10.3 Å².